The van der Waals surface area contributed by atoms with E-state index in [1.54, 1.807) is 0 Å². The van der Waals surface area contributed by atoms with E-state index < -0.39 is 34.0 Å². The van der Waals surface area contributed by atoms with E-state index in [-0.39, 0.29) is 28.3 Å². The molecule has 3 aromatic carbocycles. The number of ether oxygens (including phenoxy) is 1. The summed E-state index contributed by atoms with van der Waals surface area (Å²) in [5.74, 6) is -3.09. The van der Waals surface area contributed by atoms with Gasteiger partial charge in [0.1, 0.15) is 11.5 Å². The van der Waals surface area contributed by atoms with Crippen LogP contribution in [0.2, 0.25) is 0 Å². The summed E-state index contributed by atoms with van der Waals surface area (Å²) >= 11 is 0. The highest BCUT2D eigenvalue weighted by Gasteiger charge is 2.37. The fourth-order valence-corrected chi connectivity index (χ4v) is 3.12. The number of fused-ring (bicyclic) bond motifs is 1. The molecule has 10 heteroatoms. The molecule has 0 fully saturated rings. The van der Waals surface area contributed by atoms with Crippen molar-refractivity contribution in [2.45, 2.75) is 0 Å². The Kier molecular flexibility index (Phi) is 4.59. The molecule has 31 heavy (non-hydrogen) atoms. The van der Waals surface area contributed by atoms with Gasteiger partial charge in [0, 0.05) is 12.1 Å². The third-order valence-electron chi connectivity index (χ3n) is 4.60. The van der Waals surface area contributed by atoms with Crippen LogP contribution in [0.3, 0.4) is 0 Å². The van der Waals surface area contributed by atoms with Crippen molar-refractivity contribution in [3.63, 3.8) is 0 Å². The summed E-state index contributed by atoms with van der Waals surface area (Å²) in [6, 6.07) is 12.7. The highest BCUT2D eigenvalue weighted by Crippen LogP contribution is 2.34. The molecule has 2 amide bonds. The van der Waals surface area contributed by atoms with Crippen LogP contribution in [0.4, 0.5) is 11.4 Å². The highest BCUT2D eigenvalue weighted by molar-refractivity contribution is 6.34. The molecule has 4 rings (SSSR count). The normalized spacial score (nSPS) is 12.6. The first-order chi connectivity index (χ1) is 14.8. The lowest BCUT2D eigenvalue weighted by Gasteiger charge is -2.18. The number of nitrogens with zero attached hydrogens (tertiary/aromatic N) is 2. The number of carbonyl (C=O) groups excluding carboxylic acids is 2. The van der Waals surface area contributed by atoms with Gasteiger partial charge in [-0.3, -0.25) is 19.7 Å². The van der Waals surface area contributed by atoms with E-state index in [2.05, 4.69) is 0 Å². The molecule has 1 aliphatic heterocycles. The number of hydrogen-bond donors (Lipinski definition) is 1. The number of anilines is 1. The Morgan fingerprint density at radius 3 is 2.16 bits per heavy atom. The van der Waals surface area contributed by atoms with Crippen molar-refractivity contribution in [3.8, 4) is 17.2 Å². The van der Waals surface area contributed by atoms with E-state index in [0.717, 1.165) is 17.0 Å². The zero-order valence-corrected chi connectivity index (χ0v) is 15.5. The molecule has 0 saturated heterocycles. The summed E-state index contributed by atoms with van der Waals surface area (Å²) in [5.41, 5.74) is -0.488. The molecule has 0 radical (unpaired) electrons. The number of amides is 2. The van der Waals surface area contributed by atoms with Gasteiger partial charge >= 0.3 is 5.97 Å². The van der Waals surface area contributed by atoms with Crippen LogP contribution in [0, 0.1) is 10.1 Å². The number of nitro groups is 1. The molecule has 0 atom stereocenters. The van der Waals surface area contributed by atoms with Crippen LogP contribution in [0.5, 0.6) is 17.2 Å². The van der Waals surface area contributed by atoms with Gasteiger partial charge in [-0.2, -0.15) is 0 Å². The Hall–Kier alpha value is -4.73. The van der Waals surface area contributed by atoms with Crippen LogP contribution in [-0.4, -0.2) is 27.8 Å². The Morgan fingerprint density at radius 1 is 0.903 bits per heavy atom. The summed E-state index contributed by atoms with van der Waals surface area (Å²) in [7, 11) is 0. The van der Waals surface area contributed by atoms with E-state index >= 15 is 0 Å². The summed E-state index contributed by atoms with van der Waals surface area (Å²) in [6.07, 6.45) is 0. The van der Waals surface area contributed by atoms with Crippen LogP contribution < -0.4 is 14.7 Å². The molecule has 0 bridgehead atoms. The fourth-order valence-electron chi connectivity index (χ4n) is 3.12. The first-order valence-electron chi connectivity index (χ1n) is 8.76. The molecule has 0 aromatic heterocycles. The molecule has 154 valence electrons. The molecule has 1 aliphatic rings. The van der Waals surface area contributed by atoms with E-state index in [1.807, 2.05) is 0 Å². The van der Waals surface area contributed by atoms with E-state index in [1.165, 1.54) is 48.5 Å². The second-order valence-electron chi connectivity index (χ2n) is 6.49. The van der Waals surface area contributed by atoms with Gasteiger partial charge in [-0.15, -0.1) is 0 Å². The number of aromatic carboxylic acids is 1. The highest BCUT2D eigenvalue weighted by atomic mass is 16.6. The average molecular weight is 419 g/mol. The third-order valence-corrected chi connectivity index (χ3v) is 4.60. The van der Waals surface area contributed by atoms with Crippen molar-refractivity contribution in [2.75, 3.05) is 4.90 Å². The predicted molar refractivity (Wildman–Crippen MR) is 104 cm³/mol. The quantitative estimate of drug-likeness (QED) is 0.377. The van der Waals surface area contributed by atoms with Crippen molar-refractivity contribution >= 4 is 29.2 Å². The van der Waals surface area contributed by atoms with Crippen molar-refractivity contribution in [1.29, 1.82) is 0 Å². The number of carboxylic acids is 1. The van der Waals surface area contributed by atoms with Crippen molar-refractivity contribution in [1.82, 2.24) is 0 Å². The van der Waals surface area contributed by atoms with E-state index in [0.29, 0.717) is 5.75 Å². The van der Waals surface area contributed by atoms with Gasteiger partial charge in [-0.05, 0) is 48.5 Å². The molecule has 10 nitrogen and oxygen atoms in total. The van der Waals surface area contributed by atoms with Crippen LogP contribution in [0.25, 0.3) is 0 Å². The molecule has 0 aliphatic carbocycles. The van der Waals surface area contributed by atoms with Gasteiger partial charge in [0.15, 0.2) is 0 Å². The van der Waals surface area contributed by atoms with Crippen molar-refractivity contribution < 1.29 is 34.3 Å². The number of nitro benzene ring substituents is 1. The van der Waals surface area contributed by atoms with Crippen molar-refractivity contribution in [2.24, 2.45) is 0 Å². The van der Waals surface area contributed by atoms with Gasteiger partial charge in [-0.25, -0.2) is 9.69 Å². The SMILES string of the molecule is O=C(O)c1ccc(N2C(=O)c3ccc(Oc4ccc([N+](=O)[O-])cc4)cc3C2=O)cc1[O-]. The van der Waals surface area contributed by atoms with Gasteiger partial charge in [0.25, 0.3) is 17.5 Å². The van der Waals surface area contributed by atoms with Crippen LogP contribution >= 0.6 is 0 Å². The van der Waals surface area contributed by atoms with E-state index in [4.69, 9.17) is 9.84 Å². The molecular weight excluding hydrogens is 408 g/mol. The second-order valence-corrected chi connectivity index (χ2v) is 6.49. The lowest BCUT2D eigenvalue weighted by atomic mass is 10.1. The molecule has 0 unspecified atom stereocenters. The van der Waals surface area contributed by atoms with E-state index in [9.17, 15) is 29.6 Å². The van der Waals surface area contributed by atoms with Gasteiger partial charge in [0.2, 0.25) is 0 Å². The Bertz CT molecular complexity index is 1270. The first kappa shape index (κ1) is 19.6. The average Bonchev–Trinajstić information content (AvgIpc) is 2.98. The largest absolute Gasteiger partial charge is 0.872 e. The number of imide groups is 1. The Balaban J connectivity index is 1.62. The first-order valence-corrected chi connectivity index (χ1v) is 8.76. The minimum Gasteiger partial charge on any atom is -0.872 e. The number of carbonyl (C=O) groups is 3. The third kappa shape index (κ3) is 3.42. The molecule has 0 spiro atoms. The summed E-state index contributed by atoms with van der Waals surface area (Å²) in [4.78, 5) is 47.5. The summed E-state index contributed by atoms with van der Waals surface area (Å²) in [5, 5.41) is 31.7. The molecule has 1 heterocycles. The number of carboxylic acid groups (broad SMARTS) is 1. The Labute approximate surface area is 173 Å². The maximum atomic E-state index is 12.8. The fraction of sp³-hybridized carbons (Fsp3) is 0. The lowest BCUT2D eigenvalue weighted by Crippen LogP contribution is -2.29. The molecule has 0 saturated carbocycles. The number of hydrogen-bond acceptors (Lipinski definition) is 7. The minimum absolute atomic E-state index is 0.0409. The number of non-ortho nitro benzene ring substituents is 1. The lowest BCUT2D eigenvalue weighted by molar-refractivity contribution is -0.384. The zero-order chi connectivity index (χ0) is 22.3. The maximum Gasteiger partial charge on any atom is 0.335 e. The zero-order valence-electron chi connectivity index (χ0n) is 15.5. The molecular formula is C21H11N2O8-. The van der Waals surface area contributed by atoms with Gasteiger partial charge in [0.05, 0.1) is 27.3 Å². The van der Waals surface area contributed by atoms with Gasteiger partial charge < -0.3 is 14.9 Å². The number of benzene rings is 3. The predicted octanol–water partition coefficient (Wildman–Crippen LogP) is 2.96. The molecule has 3 aromatic rings. The van der Waals surface area contributed by atoms with Gasteiger partial charge in [-0.1, -0.05) is 5.75 Å². The molecule has 1 N–H and O–H groups in total. The standard InChI is InChI=1S/C21H12N2O8/c24-18-9-12(3-7-16(18)21(27)28)22-19(25)15-8-6-14(10-17(15)20(22)26)31-13-4-1-11(2-5-13)23(29)30/h1-10,24H,(H,27,28)/p-1. The Morgan fingerprint density at radius 2 is 1.55 bits per heavy atom. The van der Waals surface area contributed by atoms with Crippen molar-refractivity contribution in [3.05, 3.63) is 87.5 Å². The van der Waals surface area contributed by atoms with Crippen LogP contribution in [0.1, 0.15) is 31.1 Å². The smallest absolute Gasteiger partial charge is 0.335 e. The van der Waals surface area contributed by atoms with Crippen LogP contribution in [-0.2, 0) is 0 Å². The summed E-state index contributed by atoms with van der Waals surface area (Å²) < 4.78 is 5.60. The topological polar surface area (TPSA) is 150 Å². The van der Waals surface area contributed by atoms with Crippen LogP contribution in [0.15, 0.2) is 60.7 Å². The maximum absolute atomic E-state index is 12.8. The minimum atomic E-state index is -1.41. The monoisotopic (exact) mass is 419 g/mol. The summed E-state index contributed by atoms with van der Waals surface area (Å²) in [6.45, 7) is 0. The number of rotatable bonds is 5. The second kappa shape index (κ2) is 7.26.